The van der Waals surface area contributed by atoms with E-state index >= 15 is 0 Å². The first kappa shape index (κ1) is 56.5. The van der Waals surface area contributed by atoms with Gasteiger partial charge in [0, 0.05) is 25.2 Å². The van der Waals surface area contributed by atoms with Crippen molar-refractivity contribution in [2.75, 3.05) is 51.8 Å². The summed E-state index contributed by atoms with van der Waals surface area (Å²) in [6, 6.07) is 24.8. The summed E-state index contributed by atoms with van der Waals surface area (Å²) in [5.74, 6) is 3.51. The minimum atomic E-state index is -2.99. The van der Waals surface area contributed by atoms with Crippen molar-refractivity contribution < 1.29 is 41.5 Å². The van der Waals surface area contributed by atoms with Crippen molar-refractivity contribution in [1.82, 2.24) is 5.32 Å². The van der Waals surface area contributed by atoms with E-state index in [1.807, 2.05) is 44.2 Å². The van der Waals surface area contributed by atoms with Gasteiger partial charge >= 0.3 is 15.2 Å². The van der Waals surface area contributed by atoms with Crippen molar-refractivity contribution in [3.05, 3.63) is 83.9 Å². The zero-order chi connectivity index (χ0) is 49.1. The smallest absolute Gasteiger partial charge is 0.331 e. The van der Waals surface area contributed by atoms with Gasteiger partial charge in [-0.2, -0.15) is 0 Å². The molecule has 0 heterocycles. The van der Waals surface area contributed by atoms with Crippen LogP contribution in [0.3, 0.4) is 0 Å². The van der Waals surface area contributed by atoms with Crippen molar-refractivity contribution in [2.45, 2.75) is 139 Å². The zero-order valence-electron chi connectivity index (χ0n) is 42.5. The second-order valence-corrected chi connectivity index (χ2v) is 24.3. The topological polar surface area (TPSA) is 145 Å². The van der Waals surface area contributed by atoms with E-state index in [9.17, 15) is 13.9 Å². The van der Waals surface area contributed by atoms with Gasteiger partial charge in [-0.1, -0.05) is 77.9 Å². The summed E-state index contributed by atoms with van der Waals surface area (Å²) >= 11 is 0. The summed E-state index contributed by atoms with van der Waals surface area (Å²) in [5, 5.41) is 7.96. The molecule has 0 atom stereocenters. The SMILES string of the molecule is CC(C)(C)C1CCC(Oc2ccc3cc(C=O)ccc3c2)CC1.CCOP(=O)(CCN)OCC.CCOP(=O)(CCNCc1ccc2cc(OC3CCC(C(C)(C)C)CC3)ccc2c1)OCC. The number of benzene rings is 4. The highest BCUT2D eigenvalue weighted by Gasteiger charge is 2.32. The molecule has 0 saturated heterocycles. The van der Waals surface area contributed by atoms with Crippen LogP contribution in [0.15, 0.2) is 72.8 Å². The number of rotatable bonds is 20. The summed E-state index contributed by atoms with van der Waals surface area (Å²) in [4.78, 5) is 10.9. The molecule has 13 heteroatoms. The van der Waals surface area contributed by atoms with Gasteiger partial charge in [0.2, 0.25) is 0 Å². The quantitative estimate of drug-likeness (QED) is 0.0496. The lowest BCUT2D eigenvalue weighted by molar-refractivity contribution is 0.0881. The van der Waals surface area contributed by atoms with E-state index in [4.69, 9.17) is 33.3 Å². The van der Waals surface area contributed by atoms with E-state index in [-0.39, 0.29) is 0 Å². The van der Waals surface area contributed by atoms with E-state index in [2.05, 4.69) is 89.3 Å². The Morgan fingerprint density at radius 3 is 1.39 bits per heavy atom. The second-order valence-electron chi connectivity index (χ2n) is 20.0. The second kappa shape index (κ2) is 27.3. The molecule has 4 aromatic rings. The third-order valence-electron chi connectivity index (χ3n) is 12.8. The molecular weight excluding hydrogens is 883 g/mol. The maximum absolute atomic E-state index is 12.5. The molecule has 0 aliphatic heterocycles. The molecule has 2 saturated carbocycles. The molecular formula is C54H84N2O9P2. The lowest BCUT2D eigenvalue weighted by Crippen LogP contribution is -2.30. The average Bonchev–Trinajstić information content (AvgIpc) is 3.28. The van der Waals surface area contributed by atoms with E-state index in [0.29, 0.717) is 87.0 Å². The van der Waals surface area contributed by atoms with Crippen LogP contribution in [0.5, 0.6) is 11.5 Å². The van der Waals surface area contributed by atoms with Gasteiger partial charge in [0.1, 0.15) is 17.8 Å². The lowest BCUT2D eigenvalue weighted by Gasteiger charge is -2.37. The molecule has 0 amide bonds. The summed E-state index contributed by atoms with van der Waals surface area (Å²) in [6.45, 7) is 24.5. The third-order valence-corrected chi connectivity index (χ3v) is 17.0. The standard InChI is InChI=1S/C27H42NO4P.C21H26O2.C6H16NO3P/c1-6-30-33(29,31-7-2)17-16-28-20-21-8-9-23-19-26(13-10-22(23)18-21)32-25-14-11-24(12-15-25)27(3,4)5;1-21(2,3)18-7-10-19(11-8-18)23-20-9-6-16-12-15(14-22)4-5-17(16)13-20;1-3-9-11(8,6-5-7)10-4-2/h8-10,13,18-19,24-25,28H,6-7,11-12,14-17,20H2,1-5H3;4-6,9,12-14,18-19H,7-8,10-11H2,1-3H3;3-7H2,1-2H3. The fraction of sp³-hybridized carbons (Fsp3) is 0.611. The number of nitrogens with one attached hydrogen (secondary N) is 1. The summed E-state index contributed by atoms with van der Waals surface area (Å²) < 4.78 is 57.2. The van der Waals surface area contributed by atoms with Crippen LogP contribution in [0.2, 0.25) is 0 Å². The first-order valence-corrected chi connectivity index (χ1v) is 28.3. The van der Waals surface area contributed by atoms with Crippen LogP contribution in [0.1, 0.15) is 137 Å². The van der Waals surface area contributed by atoms with Crippen LogP contribution in [-0.2, 0) is 33.8 Å². The number of aldehydes is 1. The Balaban J connectivity index is 0.000000249. The molecule has 11 nitrogen and oxygen atoms in total. The summed E-state index contributed by atoms with van der Waals surface area (Å²) in [6.07, 6.45) is 11.8. The molecule has 2 aliphatic rings. The monoisotopic (exact) mass is 967 g/mol. The van der Waals surface area contributed by atoms with Crippen molar-refractivity contribution in [3.63, 3.8) is 0 Å². The van der Waals surface area contributed by atoms with Gasteiger partial charge in [0.05, 0.1) is 51.0 Å². The van der Waals surface area contributed by atoms with Crippen LogP contribution in [0, 0.1) is 22.7 Å². The fourth-order valence-corrected chi connectivity index (χ4v) is 12.0. The predicted octanol–water partition coefficient (Wildman–Crippen LogP) is 14.0. The number of nitrogens with two attached hydrogens (primary N) is 1. The van der Waals surface area contributed by atoms with E-state index < -0.39 is 15.2 Å². The maximum Gasteiger partial charge on any atom is 0.331 e. The van der Waals surface area contributed by atoms with Crippen LogP contribution < -0.4 is 20.5 Å². The number of carbonyl (C=O) groups excluding carboxylic acids is 1. The summed E-state index contributed by atoms with van der Waals surface area (Å²) in [5.41, 5.74) is 7.95. The Kier molecular flexibility index (Phi) is 23.0. The zero-order valence-corrected chi connectivity index (χ0v) is 44.3. The van der Waals surface area contributed by atoms with Gasteiger partial charge in [-0.05, 0) is 165 Å². The Morgan fingerprint density at radius 1 is 0.567 bits per heavy atom. The van der Waals surface area contributed by atoms with Crippen LogP contribution in [-0.4, -0.2) is 70.3 Å². The van der Waals surface area contributed by atoms with Crippen LogP contribution in [0.25, 0.3) is 21.5 Å². The van der Waals surface area contributed by atoms with Crippen LogP contribution >= 0.6 is 15.2 Å². The molecule has 3 N–H and O–H groups in total. The molecule has 2 fully saturated rings. The number of ether oxygens (including phenoxy) is 2. The molecule has 0 spiro atoms. The Bertz CT molecular complexity index is 2150. The average molecular weight is 967 g/mol. The van der Waals surface area contributed by atoms with Gasteiger partial charge in [-0.25, -0.2) is 0 Å². The largest absolute Gasteiger partial charge is 0.490 e. The Morgan fingerprint density at radius 2 is 0.970 bits per heavy atom. The molecule has 0 bridgehead atoms. The minimum Gasteiger partial charge on any atom is -0.490 e. The normalized spacial score (nSPS) is 19.2. The molecule has 0 aromatic heterocycles. The highest BCUT2D eigenvalue weighted by Crippen LogP contribution is 2.48. The van der Waals surface area contributed by atoms with Gasteiger partial charge in [-0.15, -0.1) is 0 Å². The third kappa shape index (κ3) is 19.0. The number of carbonyl (C=O) groups is 1. The van der Waals surface area contributed by atoms with Crippen molar-refractivity contribution in [3.8, 4) is 11.5 Å². The van der Waals surface area contributed by atoms with Gasteiger partial charge in [0.25, 0.3) is 0 Å². The molecule has 4 aromatic carbocycles. The van der Waals surface area contributed by atoms with Crippen molar-refractivity contribution in [1.29, 1.82) is 0 Å². The maximum atomic E-state index is 12.5. The van der Waals surface area contributed by atoms with Crippen LogP contribution in [0.4, 0.5) is 0 Å². The van der Waals surface area contributed by atoms with Gasteiger partial charge in [0.15, 0.2) is 0 Å². The van der Waals surface area contributed by atoms with Crippen molar-refractivity contribution >= 4 is 43.0 Å². The highest BCUT2D eigenvalue weighted by atomic mass is 31.2. The van der Waals surface area contributed by atoms with E-state index in [1.54, 1.807) is 13.8 Å². The first-order valence-electron chi connectivity index (χ1n) is 24.9. The van der Waals surface area contributed by atoms with Gasteiger partial charge < -0.3 is 38.6 Å². The number of hydrogen-bond donors (Lipinski definition) is 2. The van der Waals surface area contributed by atoms with Crippen molar-refractivity contribution in [2.24, 2.45) is 28.4 Å². The van der Waals surface area contributed by atoms with E-state index in [0.717, 1.165) is 66.1 Å². The van der Waals surface area contributed by atoms with Gasteiger partial charge in [-0.3, -0.25) is 13.9 Å². The first-order chi connectivity index (χ1) is 31.9. The predicted molar refractivity (Wildman–Crippen MR) is 277 cm³/mol. The highest BCUT2D eigenvalue weighted by molar-refractivity contribution is 7.54. The minimum absolute atomic E-state index is 0.300. The molecule has 6 rings (SSSR count). The Labute approximate surface area is 403 Å². The molecule has 0 unspecified atom stereocenters. The molecule has 0 radical (unpaired) electrons. The molecule has 67 heavy (non-hydrogen) atoms. The Hall–Kier alpha value is -3.11. The van der Waals surface area contributed by atoms with E-state index in [1.165, 1.54) is 42.0 Å². The lowest BCUT2D eigenvalue weighted by atomic mass is 9.72. The number of hydrogen-bond acceptors (Lipinski definition) is 11. The number of fused-ring (bicyclic) bond motifs is 2. The molecule has 374 valence electrons. The fourth-order valence-electron chi connectivity index (χ4n) is 9.05. The summed E-state index contributed by atoms with van der Waals surface area (Å²) in [7, 11) is -5.83. The molecule has 2 aliphatic carbocycles.